The Morgan fingerprint density at radius 3 is 3.08 bits per heavy atom. The molecular weight excluding hydrogens is 166 g/mol. The van der Waals surface area contributed by atoms with E-state index in [2.05, 4.69) is 15.2 Å². The van der Waals surface area contributed by atoms with E-state index in [9.17, 15) is 0 Å². The van der Waals surface area contributed by atoms with E-state index >= 15 is 0 Å². The first-order chi connectivity index (χ1) is 6.45. The molecule has 1 aromatic heterocycles. The summed E-state index contributed by atoms with van der Waals surface area (Å²) < 4.78 is 5.14. The van der Waals surface area contributed by atoms with Crippen molar-refractivity contribution >= 4 is 5.69 Å². The number of nitrogens with one attached hydrogen (secondary N) is 1. The Morgan fingerprint density at radius 2 is 2.38 bits per heavy atom. The number of azo groups is 1. The summed E-state index contributed by atoms with van der Waals surface area (Å²) >= 11 is 0. The summed E-state index contributed by atoms with van der Waals surface area (Å²) in [5.74, 6) is 0. The Balaban J connectivity index is 1.98. The molecule has 1 N–H and O–H groups in total. The molecule has 4 heteroatoms. The summed E-state index contributed by atoms with van der Waals surface area (Å²) in [6.45, 7) is 0. The lowest BCUT2D eigenvalue weighted by Gasteiger charge is -2.07. The van der Waals surface area contributed by atoms with E-state index in [1.807, 2.05) is 24.3 Å². The monoisotopic (exact) mass is 175 g/mol. The molecule has 0 radical (unpaired) electrons. The number of hydrogen-bond acceptors (Lipinski definition) is 3. The minimum Gasteiger partial charge on any atom is -0.471 e. The first kappa shape index (κ1) is 7.79. The van der Waals surface area contributed by atoms with Crippen molar-refractivity contribution in [2.45, 2.75) is 6.23 Å². The largest absolute Gasteiger partial charge is 0.471 e. The van der Waals surface area contributed by atoms with Crippen LogP contribution in [0.15, 0.2) is 53.2 Å². The summed E-state index contributed by atoms with van der Waals surface area (Å²) in [7, 11) is 0. The number of aromatic amines is 1. The molecule has 0 saturated heterocycles. The van der Waals surface area contributed by atoms with Crippen LogP contribution in [0.4, 0.5) is 5.69 Å². The van der Waals surface area contributed by atoms with Gasteiger partial charge in [0.25, 0.3) is 0 Å². The van der Waals surface area contributed by atoms with Gasteiger partial charge >= 0.3 is 0 Å². The fourth-order valence-electron chi connectivity index (χ4n) is 0.942. The van der Waals surface area contributed by atoms with Crippen molar-refractivity contribution in [2.24, 2.45) is 10.2 Å². The number of H-pyrrole nitrogens is 1. The lowest BCUT2D eigenvalue weighted by molar-refractivity contribution is 0.185. The highest BCUT2D eigenvalue weighted by Crippen LogP contribution is 2.12. The van der Waals surface area contributed by atoms with Crippen LogP contribution in [0, 0.1) is 0 Å². The molecule has 0 aromatic carbocycles. The van der Waals surface area contributed by atoms with E-state index in [1.54, 1.807) is 18.7 Å². The van der Waals surface area contributed by atoms with Crippen molar-refractivity contribution in [2.75, 3.05) is 0 Å². The Morgan fingerprint density at radius 1 is 1.38 bits per heavy atom. The fourth-order valence-corrected chi connectivity index (χ4v) is 0.942. The van der Waals surface area contributed by atoms with E-state index in [0.717, 1.165) is 5.69 Å². The van der Waals surface area contributed by atoms with E-state index in [-0.39, 0.29) is 6.23 Å². The maximum absolute atomic E-state index is 5.14. The van der Waals surface area contributed by atoms with E-state index < -0.39 is 0 Å². The summed E-state index contributed by atoms with van der Waals surface area (Å²) in [6, 6.07) is 1.84. The molecule has 66 valence electrons. The molecular formula is C9H9N3O. The second-order valence-corrected chi connectivity index (χ2v) is 2.52. The highest BCUT2D eigenvalue weighted by atomic mass is 16.5. The molecule has 13 heavy (non-hydrogen) atoms. The number of nitrogens with zero attached hydrogens (tertiary/aromatic N) is 2. The molecule has 1 unspecified atom stereocenters. The van der Waals surface area contributed by atoms with Crippen LogP contribution in [0.25, 0.3) is 0 Å². The Hall–Kier alpha value is -1.84. The molecule has 1 atom stereocenters. The van der Waals surface area contributed by atoms with Crippen molar-refractivity contribution in [3.63, 3.8) is 0 Å². The molecule has 0 spiro atoms. The van der Waals surface area contributed by atoms with Gasteiger partial charge in [0.1, 0.15) is 5.69 Å². The van der Waals surface area contributed by atoms with Crippen molar-refractivity contribution in [3.05, 3.63) is 43.0 Å². The van der Waals surface area contributed by atoms with Crippen LogP contribution in [-0.4, -0.2) is 11.2 Å². The van der Waals surface area contributed by atoms with Gasteiger partial charge in [0.05, 0.1) is 6.26 Å². The first-order valence-electron chi connectivity index (χ1n) is 3.97. The molecule has 0 aliphatic carbocycles. The van der Waals surface area contributed by atoms with Gasteiger partial charge in [0.2, 0.25) is 6.23 Å². The van der Waals surface area contributed by atoms with Crippen LogP contribution in [0.2, 0.25) is 0 Å². The molecule has 0 fully saturated rings. The van der Waals surface area contributed by atoms with Crippen molar-refractivity contribution < 1.29 is 4.74 Å². The van der Waals surface area contributed by atoms with Crippen LogP contribution >= 0.6 is 0 Å². The number of hydrogen-bond donors (Lipinski definition) is 1. The van der Waals surface area contributed by atoms with E-state index in [0.29, 0.717) is 0 Å². The van der Waals surface area contributed by atoms with Gasteiger partial charge in [-0.15, -0.1) is 5.11 Å². The normalized spacial score (nSPS) is 20.8. The number of ether oxygens (including phenoxy) is 1. The molecule has 0 saturated carbocycles. The second-order valence-electron chi connectivity index (χ2n) is 2.52. The van der Waals surface area contributed by atoms with Crippen LogP contribution in [0.5, 0.6) is 0 Å². The van der Waals surface area contributed by atoms with Crippen molar-refractivity contribution in [1.82, 2.24) is 4.98 Å². The minimum atomic E-state index is -0.292. The molecule has 2 heterocycles. The lowest BCUT2D eigenvalue weighted by atomic mass is 10.4. The van der Waals surface area contributed by atoms with Crippen LogP contribution in [0.1, 0.15) is 0 Å². The van der Waals surface area contributed by atoms with Crippen LogP contribution < -0.4 is 0 Å². The molecule has 1 aliphatic rings. The Kier molecular flexibility index (Phi) is 2.22. The molecule has 0 bridgehead atoms. The minimum absolute atomic E-state index is 0.292. The van der Waals surface area contributed by atoms with Gasteiger partial charge in [-0.25, -0.2) is 0 Å². The van der Waals surface area contributed by atoms with Gasteiger partial charge in [-0.05, 0) is 18.2 Å². The number of rotatable bonds is 2. The summed E-state index contributed by atoms with van der Waals surface area (Å²) in [4.78, 5) is 2.89. The average molecular weight is 175 g/mol. The smallest absolute Gasteiger partial charge is 0.227 e. The SMILES string of the molecule is C1=COC(N=Nc2cc[nH]c2)C=C1. The molecule has 4 nitrogen and oxygen atoms in total. The zero-order valence-corrected chi connectivity index (χ0v) is 6.92. The highest BCUT2D eigenvalue weighted by molar-refractivity contribution is 5.31. The molecule has 1 aliphatic heterocycles. The van der Waals surface area contributed by atoms with E-state index in [4.69, 9.17) is 4.74 Å². The summed E-state index contributed by atoms with van der Waals surface area (Å²) in [5, 5.41) is 7.94. The number of aromatic nitrogens is 1. The first-order valence-corrected chi connectivity index (χ1v) is 3.97. The van der Waals surface area contributed by atoms with Crippen molar-refractivity contribution in [3.8, 4) is 0 Å². The quantitative estimate of drug-likeness (QED) is 0.690. The van der Waals surface area contributed by atoms with Gasteiger partial charge in [-0.3, -0.25) is 0 Å². The standard InChI is InChI=1S/C9H9N3O/c1-2-6-13-9(3-1)12-11-8-4-5-10-7-8/h1-7,9-10H. The second kappa shape index (κ2) is 3.71. The molecule has 0 amide bonds. The average Bonchev–Trinajstić information content (AvgIpc) is 2.69. The molecule has 1 aromatic rings. The van der Waals surface area contributed by atoms with E-state index in [1.165, 1.54) is 0 Å². The maximum atomic E-state index is 5.14. The third-order valence-corrected chi connectivity index (χ3v) is 1.55. The predicted molar refractivity (Wildman–Crippen MR) is 48.5 cm³/mol. The van der Waals surface area contributed by atoms with Gasteiger partial charge in [0, 0.05) is 12.4 Å². The summed E-state index contributed by atoms with van der Waals surface area (Å²) in [6.07, 6.45) is 10.4. The van der Waals surface area contributed by atoms with Gasteiger partial charge in [-0.2, -0.15) is 5.11 Å². The maximum Gasteiger partial charge on any atom is 0.227 e. The highest BCUT2D eigenvalue weighted by Gasteiger charge is 2.01. The van der Waals surface area contributed by atoms with Gasteiger partial charge in [0.15, 0.2) is 0 Å². The van der Waals surface area contributed by atoms with Crippen molar-refractivity contribution in [1.29, 1.82) is 0 Å². The third-order valence-electron chi connectivity index (χ3n) is 1.55. The lowest BCUT2D eigenvalue weighted by Crippen LogP contribution is -2.02. The number of allylic oxidation sites excluding steroid dienone is 2. The van der Waals surface area contributed by atoms with Gasteiger partial charge < -0.3 is 9.72 Å². The zero-order valence-electron chi connectivity index (χ0n) is 6.92. The van der Waals surface area contributed by atoms with Crippen LogP contribution in [0.3, 0.4) is 0 Å². The molecule has 2 rings (SSSR count). The Bertz CT molecular complexity index is 338. The Labute approximate surface area is 75.6 Å². The fraction of sp³-hybridized carbons (Fsp3) is 0.111. The predicted octanol–water partition coefficient (Wildman–Crippen LogP) is 2.52. The van der Waals surface area contributed by atoms with Crippen LogP contribution in [-0.2, 0) is 4.74 Å². The topological polar surface area (TPSA) is 49.7 Å². The third kappa shape index (κ3) is 2.05. The summed E-state index contributed by atoms with van der Waals surface area (Å²) in [5.41, 5.74) is 0.798. The van der Waals surface area contributed by atoms with Gasteiger partial charge in [-0.1, -0.05) is 6.08 Å². The zero-order chi connectivity index (χ0) is 8.93.